The van der Waals surface area contributed by atoms with Crippen LogP contribution in [0.1, 0.15) is 33.1 Å². The van der Waals surface area contributed by atoms with Crippen LogP contribution >= 0.6 is 0 Å². The molecule has 0 radical (unpaired) electrons. The SMILES string of the molecule is CCN(CCC(C)C1CCCNC1)c1cccc(F)c1. The monoisotopic (exact) mass is 278 g/mol. The maximum atomic E-state index is 13.3. The minimum absolute atomic E-state index is 0.148. The summed E-state index contributed by atoms with van der Waals surface area (Å²) in [4.78, 5) is 2.27. The van der Waals surface area contributed by atoms with E-state index in [1.54, 1.807) is 12.1 Å². The predicted molar refractivity (Wildman–Crippen MR) is 83.7 cm³/mol. The van der Waals surface area contributed by atoms with Gasteiger partial charge in [0.2, 0.25) is 0 Å². The van der Waals surface area contributed by atoms with Crippen LogP contribution in [0, 0.1) is 17.7 Å². The fourth-order valence-corrected chi connectivity index (χ4v) is 3.10. The van der Waals surface area contributed by atoms with Gasteiger partial charge in [-0.05, 0) is 69.3 Å². The van der Waals surface area contributed by atoms with Gasteiger partial charge in [0.15, 0.2) is 0 Å². The zero-order valence-corrected chi connectivity index (χ0v) is 12.7. The Labute approximate surface area is 122 Å². The summed E-state index contributed by atoms with van der Waals surface area (Å²) in [6.45, 7) is 8.77. The van der Waals surface area contributed by atoms with Crippen LogP contribution in [0.15, 0.2) is 24.3 Å². The Morgan fingerprint density at radius 1 is 1.45 bits per heavy atom. The average Bonchev–Trinajstić information content (AvgIpc) is 2.48. The van der Waals surface area contributed by atoms with Crippen LogP contribution in [0.5, 0.6) is 0 Å². The molecule has 112 valence electrons. The molecule has 1 aromatic rings. The maximum absolute atomic E-state index is 13.3. The van der Waals surface area contributed by atoms with Crippen molar-refractivity contribution in [3.63, 3.8) is 0 Å². The molecule has 0 amide bonds. The van der Waals surface area contributed by atoms with Gasteiger partial charge >= 0.3 is 0 Å². The van der Waals surface area contributed by atoms with E-state index in [4.69, 9.17) is 0 Å². The Bertz CT molecular complexity index is 402. The zero-order valence-electron chi connectivity index (χ0n) is 12.7. The van der Waals surface area contributed by atoms with Gasteiger partial charge in [-0.1, -0.05) is 13.0 Å². The van der Waals surface area contributed by atoms with Crippen molar-refractivity contribution in [3.8, 4) is 0 Å². The third-order valence-electron chi connectivity index (χ3n) is 4.55. The van der Waals surface area contributed by atoms with Gasteiger partial charge in [0, 0.05) is 18.8 Å². The number of anilines is 1. The van der Waals surface area contributed by atoms with Gasteiger partial charge in [-0.2, -0.15) is 0 Å². The molecule has 0 spiro atoms. The highest BCUT2D eigenvalue weighted by atomic mass is 19.1. The van der Waals surface area contributed by atoms with Crippen molar-refractivity contribution >= 4 is 5.69 Å². The molecular weight excluding hydrogens is 251 g/mol. The first-order valence-electron chi connectivity index (χ1n) is 7.92. The number of rotatable bonds is 6. The molecule has 1 fully saturated rings. The van der Waals surface area contributed by atoms with Crippen molar-refractivity contribution in [2.24, 2.45) is 11.8 Å². The quantitative estimate of drug-likeness (QED) is 0.854. The molecule has 1 heterocycles. The van der Waals surface area contributed by atoms with Crippen LogP contribution < -0.4 is 10.2 Å². The van der Waals surface area contributed by atoms with Crippen LogP contribution in [0.25, 0.3) is 0 Å². The fourth-order valence-electron chi connectivity index (χ4n) is 3.10. The predicted octanol–water partition coefficient (Wildman–Crippen LogP) is 3.68. The Morgan fingerprint density at radius 3 is 2.95 bits per heavy atom. The van der Waals surface area contributed by atoms with Crippen LogP contribution in [0.2, 0.25) is 0 Å². The summed E-state index contributed by atoms with van der Waals surface area (Å²) in [6, 6.07) is 6.94. The molecule has 2 nitrogen and oxygen atoms in total. The summed E-state index contributed by atoms with van der Waals surface area (Å²) >= 11 is 0. The molecule has 3 heteroatoms. The number of nitrogens with one attached hydrogen (secondary N) is 1. The first kappa shape index (κ1) is 15.3. The van der Waals surface area contributed by atoms with Crippen molar-refractivity contribution in [1.82, 2.24) is 5.32 Å². The van der Waals surface area contributed by atoms with Gasteiger partial charge in [-0.25, -0.2) is 4.39 Å². The molecule has 1 N–H and O–H groups in total. The molecule has 0 saturated carbocycles. The lowest BCUT2D eigenvalue weighted by Crippen LogP contribution is -2.35. The van der Waals surface area contributed by atoms with E-state index in [1.807, 2.05) is 6.07 Å². The normalized spacial score (nSPS) is 20.6. The van der Waals surface area contributed by atoms with Gasteiger partial charge < -0.3 is 10.2 Å². The van der Waals surface area contributed by atoms with E-state index in [-0.39, 0.29) is 5.82 Å². The van der Waals surface area contributed by atoms with Gasteiger partial charge in [0.05, 0.1) is 0 Å². The van der Waals surface area contributed by atoms with Crippen molar-refractivity contribution in [2.75, 3.05) is 31.1 Å². The first-order valence-corrected chi connectivity index (χ1v) is 7.92. The van der Waals surface area contributed by atoms with Crippen molar-refractivity contribution in [2.45, 2.75) is 33.1 Å². The van der Waals surface area contributed by atoms with E-state index >= 15 is 0 Å². The molecule has 0 aliphatic carbocycles. The topological polar surface area (TPSA) is 15.3 Å². The third-order valence-corrected chi connectivity index (χ3v) is 4.55. The van der Waals surface area contributed by atoms with Crippen LogP contribution in [-0.2, 0) is 0 Å². The molecule has 2 rings (SSSR count). The highest BCUT2D eigenvalue weighted by molar-refractivity contribution is 5.46. The molecule has 0 bridgehead atoms. The van der Waals surface area contributed by atoms with Crippen molar-refractivity contribution in [1.29, 1.82) is 0 Å². The maximum Gasteiger partial charge on any atom is 0.125 e. The second kappa shape index (κ2) is 7.63. The van der Waals surface area contributed by atoms with Gasteiger partial charge in [0.1, 0.15) is 5.82 Å². The second-order valence-corrected chi connectivity index (χ2v) is 5.93. The second-order valence-electron chi connectivity index (χ2n) is 5.93. The molecular formula is C17H27FN2. The van der Waals surface area contributed by atoms with Crippen LogP contribution in [0.3, 0.4) is 0 Å². The Hall–Kier alpha value is -1.09. The molecule has 0 aromatic heterocycles. The lowest BCUT2D eigenvalue weighted by atomic mass is 9.85. The van der Waals surface area contributed by atoms with Crippen molar-refractivity contribution < 1.29 is 4.39 Å². The standard InChI is InChI=1S/C17H27FN2/c1-3-20(17-8-4-7-16(18)12-17)11-9-14(2)15-6-5-10-19-13-15/h4,7-8,12,14-15,19H,3,5-6,9-11,13H2,1-2H3. The molecule has 1 aromatic carbocycles. The highest BCUT2D eigenvalue weighted by Crippen LogP contribution is 2.24. The smallest absolute Gasteiger partial charge is 0.125 e. The molecule has 2 unspecified atom stereocenters. The largest absolute Gasteiger partial charge is 0.372 e. The summed E-state index contributed by atoms with van der Waals surface area (Å²) in [5.41, 5.74) is 1.00. The summed E-state index contributed by atoms with van der Waals surface area (Å²) in [5, 5.41) is 3.49. The number of benzene rings is 1. The molecule has 1 aliphatic rings. The number of piperidine rings is 1. The summed E-state index contributed by atoms with van der Waals surface area (Å²) in [7, 11) is 0. The molecule has 1 saturated heterocycles. The van der Waals surface area contributed by atoms with Crippen LogP contribution in [-0.4, -0.2) is 26.2 Å². The van der Waals surface area contributed by atoms with E-state index in [0.29, 0.717) is 0 Å². The van der Waals surface area contributed by atoms with E-state index in [1.165, 1.54) is 31.9 Å². The fraction of sp³-hybridized carbons (Fsp3) is 0.647. The summed E-state index contributed by atoms with van der Waals surface area (Å²) in [5.74, 6) is 1.38. The number of nitrogens with zero attached hydrogens (tertiary/aromatic N) is 1. The third kappa shape index (κ3) is 4.20. The number of halogens is 1. The van der Waals surface area contributed by atoms with Gasteiger partial charge in [-0.15, -0.1) is 0 Å². The lowest BCUT2D eigenvalue weighted by molar-refractivity contribution is 0.269. The van der Waals surface area contributed by atoms with Crippen molar-refractivity contribution in [3.05, 3.63) is 30.1 Å². The van der Waals surface area contributed by atoms with Gasteiger partial charge in [0.25, 0.3) is 0 Å². The zero-order chi connectivity index (χ0) is 14.4. The van der Waals surface area contributed by atoms with E-state index in [9.17, 15) is 4.39 Å². The number of hydrogen-bond acceptors (Lipinski definition) is 2. The van der Waals surface area contributed by atoms with E-state index < -0.39 is 0 Å². The van der Waals surface area contributed by atoms with E-state index in [0.717, 1.165) is 37.2 Å². The average molecular weight is 278 g/mol. The minimum atomic E-state index is -0.148. The summed E-state index contributed by atoms with van der Waals surface area (Å²) < 4.78 is 13.3. The van der Waals surface area contributed by atoms with E-state index in [2.05, 4.69) is 24.1 Å². The molecule has 2 atom stereocenters. The Kier molecular flexibility index (Phi) is 5.84. The lowest BCUT2D eigenvalue weighted by Gasteiger charge is -2.31. The highest BCUT2D eigenvalue weighted by Gasteiger charge is 2.20. The number of hydrogen-bond donors (Lipinski definition) is 1. The molecule has 20 heavy (non-hydrogen) atoms. The Balaban J connectivity index is 1.87. The summed E-state index contributed by atoms with van der Waals surface area (Å²) in [6.07, 6.45) is 3.83. The van der Waals surface area contributed by atoms with Gasteiger partial charge in [-0.3, -0.25) is 0 Å². The molecule has 1 aliphatic heterocycles. The Morgan fingerprint density at radius 2 is 2.30 bits per heavy atom. The first-order chi connectivity index (χ1) is 9.70. The minimum Gasteiger partial charge on any atom is -0.372 e. The van der Waals surface area contributed by atoms with Crippen LogP contribution in [0.4, 0.5) is 10.1 Å².